The lowest BCUT2D eigenvalue weighted by atomic mass is 9.68. The summed E-state index contributed by atoms with van der Waals surface area (Å²) in [4.78, 5) is 22.8. The molecule has 0 heterocycles. The van der Waals surface area contributed by atoms with Gasteiger partial charge in [-0.05, 0) is 31.6 Å². The molecule has 0 spiro atoms. The van der Waals surface area contributed by atoms with Crippen molar-refractivity contribution >= 4 is 11.9 Å². The number of carboxylic acid groups (broad SMARTS) is 1. The summed E-state index contributed by atoms with van der Waals surface area (Å²) in [5.41, 5.74) is -0.668. The molecule has 0 bridgehead atoms. The molecule has 4 nitrogen and oxygen atoms in total. The highest BCUT2D eigenvalue weighted by Crippen LogP contribution is 2.41. The number of rotatable bonds is 5. The van der Waals surface area contributed by atoms with Gasteiger partial charge in [-0.25, -0.2) is 0 Å². The van der Waals surface area contributed by atoms with Gasteiger partial charge in [-0.2, -0.15) is 0 Å². The zero-order valence-corrected chi connectivity index (χ0v) is 9.66. The van der Waals surface area contributed by atoms with Crippen LogP contribution in [0.1, 0.15) is 39.0 Å². The van der Waals surface area contributed by atoms with E-state index in [1.54, 1.807) is 0 Å². The third-order valence-electron chi connectivity index (χ3n) is 4.11. The topological polar surface area (TPSA) is 66.4 Å². The lowest BCUT2D eigenvalue weighted by Gasteiger charge is -2.37. The lowest BCUT2D eigenvalue weighted by Crippen LogP contribution is -2.48. The first-order valence-electron chi connectivity index (χ1n) is 6.06. The second-order valence-electron chi connectivity index (χ2n) is 5.28. The zero-order chi connectivity index (χ0) is 11.8. The van der Waals surface area contributed by atoms with Crippen LogP contribution in [0.3, 0.4) is 0 Å². The molecule has 2 fully saturated rings. The SMILES string of the molecule is CC(C(=O)NCC1(C(=O)O)CCC1)C1CC1. The largest absolute Gasteiger partial charge is 0.481 e. The molecular formula is C12H19NO3. The Kier molecular flexibility index (Phi) is 2.91. The molecule has 1 unspecified atom stereocenters. The van der Waals surface area contributed by atoms with Gasteiger partial charge in [0.25, 0.3) is 0 Å². The van der Waals surface area contributed by atoms with Gasteiger partial charge in [0.05, 0.1) is 5.41 Å². The maximum absolute atomic E-state index is 11.7. The Morgan fingerprint density at radius 3 is 2.44 bits per heavy atom. The molecule has 0 saturated heterocycles. The Labute approximate surface area is 95.4 Å². The van der Waals surface area contributed by atoms with Crippen molar-refractivity contribution in [3.8, 4) is 0 Å². The van der Waals surface area contributed by atoms with E-state index < -0.39 is 11.4 Å². The second-order valence-corrected chi connectivity index (χ2v) is 5.28. The molecule has 0 aromatic rings. The quantitative estimate of drug-likeness (QED) is 0.743. The first-order valence-corrected chi connectivity index (χ1v) is 6.06. The number of aliphatic carboxylic acids is 1. The fourth-order valence-electron chi connectivity index (χ4n) is 2.30. The fraction of sp³-hybridized carbons (Fsp3) is 0.833. The minimum Gasteiger partial charge on any atom is -0.481 e. The summed E-state index contributed by atoms with van der Waals surface area (Å²) in [5.74, 6) is -0.166. The molecule has 1 amide bonds. The van der Waals surface area contributed by atoms with Gasteiger partial charge in [0.15, 0.2) is 0 Å². The van der Waals surface area contributed by atoms with E-state index in [2.05, 4.69) is 5.32 Å². The molecule has 0 aromatic carbocycles. The van der Waals surface area contributed by atoms with E-state index >= 15 is 0 Å². The van der Waals surface area contributed by atoms with Crippen molar-refractivity contribution in [1.29, 1.82) is 0 Å². The number of amides is 1. The van der Waals surface area contributed by atoms with Gasteiger partial charge in [-0.1, -0.05) is 13.3 Å². The molecule has 4 heteroatoms. The van der Waals surface area contributed by atoms with Gasteiger partial charge in [0.1, 0.15) is 0 Å². The molecule has 0 aromatic heterocycles. The van der Waals surface area contributed by atoms with Gasteiger partial charge >= 0.3 is 5.97 Å². The average Bonchev–Trinajstić information content (AvgIpc) is 2.97. The van der Waals surface area contributed by atoms with Crippen LogP contribution in [0.5, 0.6) is 0 Å². The Balaban J connectivity index is 1.81. The number of carbonyl (C=O) groups excluding carboxylic acids is 1. The molecule has 16 heavy (non-hydrogen) atoms. The molecule has 1 atom stereocenters. The molecule has 2 aliphatic carbocycles. The van der Waals surface area contributed by atoms with Crippen molar-refractivity contribution < 1.29 is 14.7 Å². The van der Waals surface area contributed by atoms with Crippen molar-refractivity contribution in [3.05, 3.63) is 0 Å². The predicted molar refractivity (Wildman–Crippen MR) is 58.8 cm³/mol. The maximum atomic E-state index is 11.7. The number of nitrogens with one attached hydrogen (secondary N) is 1. The highest BCUT2D eigenvalue weighted by molar-refractivity contribution is 5.81. The molecule has 2 N–H and O–H groups in total. The van der Waals surface area contributed by atoms with E-state index in [0.717, 1.165) is 19.3 Å². The molecule has 2 aliphatic rings. The number of carboxylic acids is 1. The van der Waals surface area contributed by atoms with E-state index in [1.807, 2.05) is 6.92 Å². The van der Waals surface area contributed by atoms with Crippen molar-refractivity contribution in [1.82, 2.24) is 5.32 Å². The van der Waals surface area contributed by atoms with Gasteiger partial charge in [-0.15, -0.1) is 0 Å². The van der Waals surface area contributed by atoms with Crippen molar-refractivity contribution in [2.45, 2.75) is 39.0 Å². The van der Waals surface area contributed by atoms with Crippen LogP contribution in [0.15, 0.2) is 0 Å². The average molecular weight is 225 g/mol. The van der Waals surface area contributed by atoms with Crippen LogP contribution in [-0.4, -0.2) is 23.5 Å². The van der Waals surface area contributed by atoms with Crippen molar-refractivity contribution in [2.24, 2.45) is 17.3 Å². The van der Waals surface area contributed by atoms with E-state index in [1.165, 1.54) is 0 Å². The van der Waals surface area contributed by atoms with E-state index in [4.69, 9.17) is 5.11 Å². The molecule has 90 valence electrons. The van der Waals surface area contributed by atoms with Crippen LogP contribution in [0.2, 0.25) is 0 Å². The van der Waals surface area contributed by atoms with Crippen LogP contribution < -0.4 is 5.32 Å². The predicted octanol–water partition coefficient (Wildman–Crippen LogP) is 1.40. The smallest absolute Gasteiger partial charge is 0.311 e. The summed E-state index contributed by atoms with van der Waals surface area (Å²) in [6, 6.07) is 0. The highest BCUT2D eigenvalue weighted by Gasteiger charge is 2.45. The Morgan fingerprint density at radius 1 is 1.44 bits per heavy atom. The summed E-state index contributed by atoms with van der Waals surface area (Å²) in [6.45, 7) is 2.24. The first kappa shape index (κ1) is 11.4. The first-order chi connectivity index (χ1) is 7.55. The summed E-state index contributed by atoms with van der Waals surface area (Å²) in [7, 11) is 0. The standard InChI is InChI=1S/C12H19NO3/c1-8(9-3-4-9)10(14)13-7-12(11(15)16)5-2-6-12/h8-9H,2-7H2,1H3,(H,13,14)(H,15,16). The van der Waals surface area contributed by atoms with Gasteiger partial charge in [-0.3, -0.25) is 9.59 Å². The van der Waals surface area contributed by atoms with Crippen molar-refractivity contribution in [2.75, 3.05) is 6.54 Å². The minimum absolute atomic E-state index is 0.0232. The monoisotopic (exact) mass is 225 g/mol. The molecule has 2 saturated carbocycles. The number of hydrogen-bond acceptors (Lipinski definition) is 2. The number of hydrogen-bond donors (Lipinski definition) is 2. The summed E-state index contributed by atoms with van der Waals surface area (Å²) in [6.07, 6.45) is 4.62. The van der Waals surface area contributed by atoms with E-state index in [0.29, 0.717) is 25.3 Å². The zero-order valence-electron chi connectivity index (χ0n) is 9.66. The van der Waals surface area contributed by atoms with E-state index in [9.17, 15) is 9.59 Å². The molecule has 2 rings (SSSR count). The highest BCUT2D eigenvalue weighted by atomic mass is 16.4. The fourth-order valence-corrected chi connectivity index (χ4v) is 2.30. The van der Waals surface area contributed by atoms with Crippen LogP contribution in [-0.2, 0) is 9.59 Å². The van der Waals surface area contributed by atoms with Gasteiger partial charge < -0.3 is 10.4 Å². The summed E-state index contributed by atoms with van der Waals surface area (Å²) < 4.78 is 0. The van der Waals surface area contributed by atoms with Gasteiger partial charge in [0.2, 0.25) is 5.91 Å². The summed E-state index contributed by atoms with van der Waals surface area (Å²) >= 11 is 0. The molecular weight excluding hydrogens is 206 g/mol. The van der Waals surface area contributed by atoms with E-state index in [-0.39, 0.29) is 11.8 Å². The summed E-state index contributed by atoms with van der Waals surface area (Å²) in [5, 5.41) is 11.9. The Hall–Kier alpha value is -1.06. The molecule has 0 aliphatic heterocycles. The third-order valence-corrected chi connectivity index (χ3v) is 4.11. The Morgan fingerprint density at radius 2 is 2.06 bits per heavy atom. The van der Waals surface area contributed by atoms with Crippen LogP contribution >= 0.6 is 0 Å². The number of carbonyl (C=O) groups is 2. The second kappa shape index (κ2) is 4.07. The molecule has 0 radical (unpaired) electrons. The minimum atomic E-state index is -0.766. The van der Waals surface area contributed by atoms with Gasteiger partial charge in [0, 0.05) is 12.5 Å². The third kappa shape index (κ3) is 2.06. The Bertz CT molecular complexity index is 305. The van der Waals surface area contributed by atoms with Crippen molar-refractivity contribution in [3.63, 3.8) is 0 Å². The normalized spacial score (nSPS) is 24.3. The van der Waals surface area contributed by atoms with Crippen LogP contribution in [0, 0.1) is 17.3 Å². The lowest BCUT2D eigenvalue weighted by molar-refractivity contribution is -0.154. The van der Waals surface area contributed by atoms with Crippen LogP contribution in [0.25, 0.3) is 0 Å². The maximum Gasteiger partial charge on any atom is 0.311 e. The van der Waals surface area contributed by atoms with Crippen LogP contribution in [0.4, 0.5) is 0 Å².